The second-order valence-corrected chi connectivity index (χ2v) is 7.21. The van der Waals surface area contributed by atoms with E-state index in [2.05, 4.69) is 46.4 Å². The molecule has 1 aliphatic heterocycles. The van der Waals surface area contributed by atoms with Gasteiger partial charge in [0.1, 0.15) is 17.5 Å². The Morgan fingerprint density at radius 2 is 1.90 bits per heavy atom. The Morgan fingerprint density at radius 3 is 2.52 bits per heavy atom. The van der Waals surface area contributed by atoms with Gasteiger partial charge >= 0.3 is 0 Å². The number of nitrogen functional groups attached to an aromatic ring is 1. The van der Waals surface area contributed by atoms with Gasteiger partial charge in [-0.2, -0.15) is 0 Å². The summed E-state index contributed by atoms with van der Waals surface area (Å²) in [5.74, 6) is 7.86. The lowest BCUT2D eigenvalue weighted by Crippen LogP contribution is -2.28. The third-order valence-electron chi connectivity index (χ3n) is 4.18. The molecule has 1 saturated carbocycles. The van der Waals surface area contributed by atoms with Gasteiger partial charge in [-0.3, -0.25) is 4.90 Å². The molecule has 0 spiro atoms. The lowest BCUT2D eigenvalue weighted by molar-refractivity contribution is 0.326. The number of nitrogens with zero attached hydrogens (tertiary/aromatic N) is 3. The summed E-state index contributed by atoms with van der Waals surface area (Å²) in [6, 6.07) is 3.20. The number of anilines is 2. The molecule has 2 fully saturated rings. The first-order chi connectivity index (χ1) is 9.95. The van der Waals surface area contributed by atoms with Crippen molar-refractivity contribution in [2.45, 2.75) is 57.5 Å². The molecule has 4 N–H and O–H groups in total. The van der Waals surface area contributed by atoms with Crippen LogP contribution >= 0.6 is 0 Å². The topological polar surface area (TPSA) is 79.1 Å². The highest BCUT2D eigenvalue weighted by Crippen LogP contribution is 2.30. The van der Waals surface area contributed by atoms with Crippen molar-refractivity contribution in [3.8, 4) is 0 Å². The van der Waals surface area contributed by atoms with Gasteiger partial charge in [0.15, 0.2) is 0 Å². The largest absolute Gasteiger partial charge is 0.366 e. The standard InChI is InChI=1S/C15H26N6/c1-15(2,3)14-18-12(8-13(19-14)20-16)17-10-6-7-21(9-10)11-4-5-11/h8,10-11H,4-7,9,16H2,1-3H3,(H2,17,18,19,20). The van der Waals surface area contributed by atoms with Gasteiger partial charge in [-0.1, -0.05) is 20.8 Å². The molecule has 3 rings (SSSR count). The van der Waals surface area contributed by atoms with Crippen LogP contribution in [0, 0.1) is 0 Å². The van der Waals surface area contributed by atoms with E-state index in [9.17, 15) is 0 Å². The highest BCUT2D eigenvalue weighted by molar-refractivity contribution is 5.48. The van der Waals surface area contributed by atoms with Crippen molar-refractivity contribution in [3.05, 3.63) is 11.9 Å². The predicted octanol–water partition coefficient (Wildman–Crippen LogP) is 1.71. The van der Waals surface area contributed by atoms with E-state index in [0.717, 1.165) is 24.2 Å². The van der Waals surface area contributed by atoms with E-state index in [1.54, 1.807) is 0 Å². The first kappa shape index (κ1) is 14.5. The lowest BCUT2D eigenvalue weighted by Gasteiger charge is -2.20. The van der Waals surface area contributed by atoms with Gasteiger partial charge in [0.25, 0.3) is 0 Å². The van der Waals surface area contributed by atoms with Crippen LogP contribution in [0.5, 0.6) is 0 Å². The molecule has 0 aromatic carbocycles. The molecule has 1 aromatic rings. The van der Waals surface area contributed by atoms with Gasteiger partial charge in [0.05, 0.1) is 0 Å². The van der Waals surface area contributed by atoms with Crippen molar-refractivity contribution in [1.29, 1.82) is 0 Å². The fraction of sp³-hybridized carbons (Fsp3) is 0.733. The normalized spacial score (nSPS) is 23.3. The zero-order valence-corrected chi connectivity index (χ0v) is 13.2. The Balaban J connectivity index is 1.72. The zero-order valence-electron chi connectivity index (χ0n) is 13.2. The highest BCUT2D eigenvalue weighted by Gasteiger charge is 2.34. The van der Waals surface area contributed by atoms with E-state index >= 15 is 0 Å². The first-order valence-electron chi connectivity index (χ1n) is 7.82. The Bertz CT molecular complexity index is 505. The number of hydrogen-bond acceptors (Lipinski definition) is 6. The summed E-state index contributed by atoms with van der Waals surface area (Å²) >= 11 is 0. The number of likely N-dealkylation sites (tertiary alicyclic amines) is 1. The molecular weight excluding hydrogens is 264 g/mol. The second kappa shape index (κ2) is 5.42. The van der Waals surface area contributed by atoms with Gasteiger partial charge < -0.3 is 10.7 Å². The molecule has 116 valence electrons. The van der Waals surface area contributed by atoms with E-state index in [1.165, 1.54) is 25.8 Å². The van der Waals surface area contributed by atoms with E-state index < -0.39 is 0 Å². The van der Waals surface area contributed by atoms with E-state index in [1.807, 2.05) is 6.07 Å². The lowest BCUT2D eigenvalue weighted by atomic mass is 9.96. The maximum absolute atomic E-state index is 5.53. The SMILES string of the molecule is CC(C)(C)c1nc(NN)cc(NC2CCN(C3CC3)C2)n1. The van der Waals surface area contributed by atoms with Gasteiger partial charge in [0, 0.05) is 36.7 Å². The van der Waals surface area contributed by atoms with E-state index in [4.69, 9.17) is 5.84 Å². The summed E-state index contributed by atoms with van der Waals surface area (Å²) < 4.78 is 0. The number of aromatic nitrogens is 2. The van der Waals surface area contributed by atoms with Crippen LogP contribution in [0.25, 0.3) is 0 Å². The number of rotatable bonds is 4. The number of nitrogens with one attached hydrogen (secondary N) is 2. The van der Waals surface area contributed by atoms with Crippen LogP contribution in [0.3, 0.4) is 0 Å². The predicted molar refractivity (Wildman–Crippen MR) is 85.2 cm³/mol. The smallest absolute Gasteiger partial charge is 0.145 e. The minimum absolute atomic E-state index is 0.0982. The number of hydrogen-bond donors (Lipinski definition) is 3. The molecule has 6 nitrogen and oxygen atoms in total. The van der Waals surface area contributed by atoms with Crippen molar-refractivity contribution >= 4 is 11.6 Å². The summed E-state index contributed by atoms with van der Waals surface area (Å²) in [5, 5.41) is 3.55. The molecule has 21 heavy (non-hydrogen) atoms. The average molecular weight is 290 g/mol. The van der Waals surface area contributed by atoms with Gasteiger partial charge in [0.2, 0.25) is 0 Å². The molecule has 0 bridgehead atoms. The van der Waals surface area contributed by atoms with Crippen molar-refractivity contribution in [1.82, 2.24) is 14.9 Å². The highest BCUT2D eigenvalue weighted by atomic mass is 15.3. The Kier molecular flexibility index (Phi) is 3.75. The molecular formula is C15H26N6. The van der Waals surface area contributed by atoms with Crippen LogP contribution in [-0.2, 0) is 5.41 Å². The molecule has 1 atom stereocenters. The fourth-order valence-corrected chi connectivity index (χ4v) is 2.82. The molecule has 1 unspecified atom stereocenters. The molecule has 0 amide bonds. The number of nitrogens with two attached hydrogens (primary N) is 1. The van der Waals surface area contributed by atoms with Gasteiger partial charge in [-0.15, -0.1) is 0 Å². The summed E-state index contributed by atoms with van der Waals surface area (Å²) in [6.07, 6.45) is 3.92. The average Bonchev–Trinajstić information content (AvgIpc) is 3.18. The zero-order chi connectivity index (χ0) is 15.0. The van der Waals surface area contributed by atoms with Crippen molar-refractivity contribution < 1.29 is 0 Å². The Hall–Kier alpha value is -1.40. The van der Waals surface area contributed by atoms with E-state index in [0.29, 0.717) is 11.9 Å². The minimum atomic E-state index is -0.0982. The summed E-state index contributed by atoms with van der Waals surface area (Å²) in [4.78, 5) is 11.7. The molecule has 1 saturated heterocycles. The first-order valence-corrected chi connectivity index (χ1v) is 7.82. The van der Waals surface area contributed by atoms with Gasteiger partial charge in [-0.25, -0.2) is 15.8 Å². The van der Waals surface area contributed by atoms with Crippen LogP contribution < -0.4 is 16.6 Å². The maximum Gasteiger partial charge on any atom is 0.145 e. The maximum atomic E-state index is 5.53. The fourth-order valence-electron chi connectivity index (χ4n) is 2.82. The van der Waals surface area contributed by atoms with Crippen molar-refractivity contribution in [2.24, 2.45) is 5.84 Å². The van der Waals surface area contributed by atoms with Crippen LogP contribution in [0.1, 0.15) is 45.9 Å². The van der Waals surface area contributed by atoms with E-state index in [-0.39, 0.29) is 5.41 Å². The summed E-state index contributed by atoms with van der Waals surface area (Å²) in [6.45, 7) is 8.64. The Morgan fingerprint density at radius 1 is 1.19 bits per heavy atom. The van der Waals surface area contributed by atoms with Crippen LogP contribution in [0.15, 0.2) is 6.07 Å². The third-order valence-corrected chi connectivity index (χ3v) is 4.18. The number of hydrazine groups is 1. The minimum Gasteiger partial charge on any atom is -0.366 e. The van der Waals surface area contributed by atoms with Gasteiger partial charge in [-0.05, 0) is 19.3 Å². The van der Waals surface area contributed by atoms with Crippen LogP contribution in [0.4, 0.5) is 11.6 Å². The summed E-state index contributed by atoms with van der Waals surface area (Å²) in [7, 11) is 0. The summed E-state index contributed by atoms with van der Waals surface area (Å²) in [5.41, 5.74) is 2.54. The monoisotopic (exact) mass is 290 g/mol. The second-order valence-electron chi connectivity index (χ2n) is 7.21. The van der Waals surface area contributed by atoms with Crippen LogP contribution in [-0.4, -0.2) is 40.0 Å². The van der Waals surface area contributed by atoms with Crippen molar-refractivity contribution in [3.63, 3.8) is 0 Å². The molecule has 1 aromatic heterocycles. The quantitative estimate of drug-likeness (QED) is 0.579. The Labute approximate surface area is 126 Å². The third kappa shape index (κ3) is 3.44. The molecule has 2 heterocycles. The molecule has 1 aliphatic carbocycles. The molecule has 6 heteroatoms. The molecule has 2 aliphatic rings. The van der Waals surface area contributed by atoms with Crippen molar-refractivity contribution in [2.75, 3.05) is 23.8 Å². The van der Waals surface area contributed by atoms with Crippen LogP contribution in [0.2, 0.25) is 0 Å². The molecule has 0 radical (unpaired) electrons.